The second-order valence-electron chi connectivity index (χ2n) is 13.4. The lowest BCUT2D eigenvalue weighted by Gasteiger charge is -2.19. The first-order valence-electron chi connectivity index (χ1n) is 17.4. The van der Waals surface area contributed by atoms with Crippen LogP contribution in [-0.2, 0) is 19.9 Å². The molecule has 2 fully saturated rings. The predicted molar refractivity (Wildman–Crippen MR) is 189 cm³/mol. The third kappa shape index (κ3) is 10.6. The summed E-state index contributed by atoms with van der Waals surface area (Å²) in [6.07, 6.45) is 0.538. The van der Waals surface area contributed by atoms with Crippen LogP contribution in [0.2, 0.25) is 5.02 Å². The number of hydrogen-bond acceptors (Lipinski definition) is 10. The smallest absolute Gasteiger partial charge is 0.422 e. The molecule has 2 aromatic carbocycles. The van der Waals surface area contributed by atoms with Crippen LogP contribution in [0.15, 0.2) is 48.5 Å². The number of halogens is 4. The topological polar surface area (TPSA) is 185 Å². The zero-order chi connectivity index (χ0) is 38.4. The Labute approximate surface area is 308 Å². The van der Waals surface area contributed by atoms with Crippen LogP contribution in [0, 0.1) is 11.3 Å². The Kier molecular flexibility index (Phi) is 12.1. The summed E-state index contributed by atoms with van der Waals surface area (Å²) in [6.45, 7) is 2.50. The van der Waals surface area contributed by atoms with Crippen molar-refractivity contribution in [2.45, 2.75) is 83.0 Å². The number of alkyl halides is 3. The van der Waals surface area contributed by atoms with Crippen LogP contribution in [0.4, 0.5) is 30.8 Å². The number of nitrogens with one attached hydrogen (secondary N) is 4. The number of hydrogen-bond donors (Lipinski definition) is 5. The van der Waals surface area contributed by atoms with Gasteiger partial charge in [0.15, 0.2) is 6.61 Å². The van der Waals surface area contributed by atoms with Crippen LogP contribution in [0.3, 0.4) is 0 Å². The average Bonchev–Trinajstić information content (AvgIpc) is 4.05. The maximum atomic E-state index is 12.9. The molecule has 0 aliphatic heterocycles. The Morgan fingerprint density at radius 1 is 0.981 bits per heavy atom. The molecule has 0 saturated heterocycles. The highest BCUT2D eigenvalue weighted by Crippen LogP contribution is 2.59. The normalized spacial score (nSPS) is 17.2. The molecule has 2 saturated carbocycles. The van der Waals surface area contributed by atoms with E-state index < -0.39 is 53.9 Å². The second kappa shape index (κ2) is 16.4. The molecule has 0 spiro atoms. The number of carboxylic acids is 1. The van der Waals surface area contributed by atoms with E-state index in [0.717, 1.165) is 24.8 Å². The highest BCUT2D eigenvalue weighted by Gasteiger charge is 2.50. The fourth-order valence-electron chi connectivity index (χ4n) is 6.41. The van der Waals surface area contributed by atoms with Crippen molar-refractivity contribution in [2.75, 3.05) is 23.8 Å². The highest BCUT2D eigenvalue weighted by atomic mass is 35.5. The Morgan fingerprint density at radius 2 is 1.64 bits per heavy atom. The summed E-state index contributed by atoms with van der Waals surface area (Å²) in [4.78, 5) is 61.7. The third-order valence-electron chi connectivity index (χ3n) is 9.94. The van der Waals surface area contributed by atoms with Gasteiger partial charge in [0.2, 0.25) is 17.7 Å². The van der Waals surface area contributed by atoms with Crippen LogP contribution in [0.25, 0.3) is 0 Å². The summed E-state index contributed by atoms with van der Waals surface area (Å²) in [7, 11) is 0. The van der Waals surface area contributed by atoms with Gasteiger partial charge in [-0.1, -0.05) is 50.4 Å². The number of aromatic nitrogens is 3. The number of anilines is 3. The zero-order valence-electron chi connectivity index (χ0n) is 29.2. The SMILES string of the molecule is CCC1(CC)CC1CCC(=O)C(=O)NCC[C@H](NC(=O)c1ccc(Nc2nc(NC3(c4ccc(Cl)cc4)CC3)nc(OCC(F)(F)F)n2)cc1)C(=O)O. The van der Waals surface area contributed by atoms with Crippen LogP contribution in [0.1, 0.15) is 81.1 Å². The first-order chi connectivity index (χ1) is 25.1. The van der Waals surface area contributed by atoms with Crippen molar-refractivity contribution in [1.82, 2.24) is 25.6 Å². The summed E-state index contributed by atoms with van der Waals surface area (Å²) < 4.78 is 43.6. The van der Waals surface area contributed by atoms with Crippen LogP contribution >= 0.6 is 11.6 Å². The molecule has 2 amide bonds. The van der Waals surface area contributed by atoms with Crippen molar-refractivity contribution in [3.8, 4) is 6.01 Å². The van der Waals surface area contributed by atoms with Gasteiger partial charge in [0.05, 0.1) is 5.54 Å². The molecule has 1 heterocycles. The lowest BCUT2D eigenvalue weighted by molar-refractivity contribution is -0.154. The number of amides is 2. The molecule has 17 heteroatoms. The summed E-state index contributed by atoms with van der Waals surface area (Å²) >= 11 is 6.02. The first-order valence-corrected chi connectivity index (χ1v) is 17.7. The molecule has 2 aliphatic rings. The van der Waals surface area contributed by atoms with E-state index in [2.05, 4.69) is 50.1 Å². The second-order valence-corrected chi connectivity index (χ2v) is 13.9. The molecule has 3 aromatic rings. The van der Waals surface area contributed by atoms with E-state index in [1.165, 1.54) is 24.3 Å². The lowest BCUT2D eigenvalue weighted by Crippen LogP contribution is -2.43. The van der Waals surface area contributed by atoms with Gasteiger partial charge in [0.1, 0.15) is 6.04 Å². The van der Waals surface area contributed by atoms with Crippen molar-refractivity contribution >= 4 is 52.8 Å². The molecule has 1 aromatic heterocycles. The van der Waals surface area contributed by atoms with E-state index in [1.54, 1.807) is 12.1 Å². The van der Waals surface area contributed by atoms with Crippen LogP contribution < -0.4 is 26.0 Å². The molecule has 5 N–H and O–H groups in total. The van der Waals surface area contributed by atoms with E-state index in [1.807, 2.05) is 12.1 Å². The molecule has 0 bridgehead atoms. The van der Waals surface area contributed by atoms with Crippen molar-refractivity contribution in [2.24, 2.45) is 11.3 Å². The van der Waals surface area contributed by atoms with E-state index in [9.17, 15) is 37.5 Å². The number of rotatable bonds is 19. The standard InChI is InChI=1S/C36H41ClF3N7O6/c1-3-34(4-2)19-23(34)9-14-27(48)29(50)41-18-15-26(30(51)52)43-28(49)21-5-12-25(13-6-21)42-31-44-32(46-33(45-31)53-20-36(38,39)40)47-35(16-17-35)22-7-10-24(37)11-8-22/h5-8,10-13,23,26H,3-4,9,14-20H2,1-2H3,(H,41,50)(H,43,49)(H,51,52)(H2,42,44,45,46,47)/t23?,26-/m0/s1. The third-order valence-corrected chi connectivity index (χ3v) is 10.2. The van der Waals surface area contributed by atoms with Crippen molar-refractivity contribution in [3.05, 3.63) is 64.7 Å². The predicted octanol–water partition coefficient (Wildman–Crippen LogP) is 6.18. The number of benzene rings is 2. The molecule has 2 aliphatic carbocycles. The number of carbonyl (C=O) groups excluding carboxylic acids is 3. The van der Waals surface area contributed by atoms with Crippen molar-refractivity contribution in [1.29, 1.82) is 0 Å². The highest BCUT2D eigenvalue weighted by molar-refractivity contribution is 6.36. The minimum Gasteiger partial charge on any atom is -0.480 e. The monoisotopic (exact) mass is 759 g/mol. The van der Waals surface area contributed by atoms with E-state index in [0.29, 0.717) is 35.9 Å². The van der Waals surface area contributed by atoms with Crippen LogP contribution in [-0.4, -0.2) is 69.0 Å². The number of ether oxygens (including phenoxy) is 1. The van der Waals surface area contributed by atoms with Crippen molar-refractivity contribution in [3.63, 3.8) is 0 Å². The number of carboxylic acid groups (broad SMARTS) is 1. The van der Waals surface area contributed by atoms with Gasteiger partial charge >= 0.3 is 18.2 Å². The molecule has 2 atom stereocenters. The summed E-state index contributed by atoms with van der Waals surface area (Å²) in [5.41, 5.74) is 1.06. The fourth-order valence-corrected chi connectivity index (χ4v) is 6.54. The number of carbonyl (C=O) groups is 4. The van der Waals surface area contributed by atoms with E-state index in [-0.39, 0.29) is 42.3 Å². The van der Waals surface area contributed by atoms with Gasteiger partial charge in [0.25, 0.3) is 11.8 Å². The average molecular weight is 760 g/mol. The molecule has 0 radical (unpaired) electrons. The van der Waals surface area contributed by atoms with Gasteiger partial charge in [-0.25, -0.2) is 4.79 Å². The van der Waals surface area contributed by atoms with E-state index in [4.69, 9.17) is 16.3 Å². The molecule has 53 heavy (non-hydrogen) atoms. The van der Waals surface area contributed by atoms with Gasteiger partial charge in [-0.15, -0.1) is 0 Å². The van der Waals surface area contributed by atoms with Crippen molar-refractivity contribution < 1.29 is 42.2 Å². The summed E-state index contributed by atoms with van der Waals surface area (Å²) in [6, 6.07) is 10.9. The minimum atomic E-state index is -4.63. The summed E-state index contributed by atoms with van der Waals surface area (Å²) in [5.74, 6) is -3.11. The van der Waals surface area contributed by atoms with Crippen LogP contribution in [0.5, 0.6) is 6.01 Å². The Hall–Kier alpha value is -4.99. The molecule has 5 rings (SSSR count). The van der Waals surface area contributed by atoms with E-state index >= 15 is 0 Å². The zero-order valence-corrected chi connectivity index (χ0v) is 29.9. The maximum absolute atomic E-state index is 12.9. The van der Waals surface area contributed by atoms with Gasteiger partial charge in [-0.2, -0.15) is 28.1 Å². The minimum absolute atomic E-state index is 0.0309. The van der Waals surface area contributed by atoms with Gasteiger partial charge < -0.3 is 31.1 Å². The number of ketones is 1. The molecule has 13 nitrogen and oxygen atoms in total. The molecular formula is C36H41ClF3N7O6. The maximum Gasteiger partial charge on any atom is 0.422 e. The quantitative estimate of drug-likeness (QED) is 0.0880. The molecule has 284 valence electrons. The largest absolute Gasteiger partial charge is 0.480 e. The number of aliphatic carboxylic acids is 1. The fraction of sp³-hybridized carbons (Fsp3) is 0.472. The summed E-state index contributed by atoms with van der Waals surface area (Å²) in [5, 5.41) is 21.1. The van der Waals surface area contributed by atoms with Gasteiger partial charge in [0, 0.05) is 29.2 Å². The first kappa shape index (κ1) is 39.2. The Balaban J connectivity index is 1.16. The Morgan fingerprint density at radius 3 is 2.23 bits per heavy atom. The Bertz CT molecular complexity index is 1800. The lowest BCUT2D eigenvalue weighted by atomic mass is 9.94. The molecule has 1 unspecified atom stereocenters. The number of nitrogens with zero attached hydrogens (tertiary/aromatic N) is 3. The molecular weight excluding hydrogens is 719 g/mol. The van der Waals surface area contributed by atoms with Gasteiger partial charge in [-0.3, -0.25) is 14.4 Å². The van der Waals surface area contributed by atoms with Gasteiger partial charge in [-0.05, 0) is 85.4 Å². The number of Topliss-reactive ketones (excluding diaryl/α,β-unsaturated/α-hetero) is 1.